The van der Waals surface area contributed by atoms with Crippen LogP contribution in [0.15, 0.2) is 18.2 Å². The molecular formula is C14H18BClN2O2. The number of hydrogen-bond acceptors (Lipinski definition) is 3. The highest BCUT2D eigenvalue weighted by molar-refractivity contribution is 6.65. The van der Waals surface area contributed by atoms with Crippen molar-refractivity contribution < 1.29 is 9.31 Å². The molecule has 1 aliphatic rings. The zero-order chi connectivity index (χ0) is 14.7. The number of hydrogen-bond donors (Lipinski definition) is 0. The summed E-state index contributed by atoms with van der Waals surface area (Å²) in [4.78, 5) is 0. The van der Waals surface area contributed by atoms with Crippen molar-refractivity contribution >= 4 is 35.1 Å². The van der Waals surface area contributed by atoms with Crippen molar-refractivity contribution in [3.8, 4) is 0 Å². The summed E-state index contributed by atoms with van der Waals surface area (Å²) in [6.45, 7) is 8.16. The first kappa shape index (κ1) is 13.9. The minimum atomic E-state index is -0.422. The van der Waals surface area contributed by atoms with Crippen molar-refractivity contribution in [3.63, 3.8) is 0 Å². The van der Waals surface area contributed by atoms with Gasteiger partial charge in [0.1, 0.15) is 5.15 Å². The molecule has 1 aromatic heterocycles. The maximum Gasteiger partial charge on any atom is 0.497 e. The average Bonchev–Trinajstić information content (AvgIpc) is 2.74. The lowest BCUT2D eigenvalue weighted by atomic mass is 9.78. The molecule has 0 spiro atoms. The third-order valence-corrected chi connectivity index (χ3v) is 4.78. The first-order valence-electron chi connectivity index (χ1n) is 6.70. The van der Waals surface area contributed by atoms with Crippen LogP contribution < -0.4 is 5.46 Å². The van der Waals surface area contributed by atoms with Gasteiger partial charge in [-0.05, 0) is 33.8 Å². The van der Waals surface area contributed by atoms with Gasteiger partial charge in [-0.3, -0.25) is 4.68 Å². The molecule has 4 nitrogen and oxygen atoms in total. The van der Waals surface area contributed by atoms with E-state index in [9.17, 15) is 0 Å². The molecule has 1 aliphatic heterocycles. The fraction of sp³-hybridized carbons (Fsp3) is 0.500. The van der Waals surface area contributed by atoms with Crippen molar-refractivity contribution in [2.24, 2.45) is 7.05 Å². The van der Waals surface area contributed by atoms with E-state index in [-0.39, 0.29) is 11.2 Å². The van der Waals surface area contributed by atoms with Crippen LogP contribution in [0.4, 0.5) is 0 Å². The van der Waals surface area contributed by atoms with Crippen LogP contribution in [0, 0.1) is 0 Å². The van der Waals surface area contributed by atoms with Crippen LogP contribution in [0.25, 0.3) is 10.9 Å². The van der Waals surface area contributed by atoms with Crippen LogP contribution in [0.5, 0.6) is 0 Å². The van der Waals surface area contributed by atoms with E-state index in [0.717, 1.165) is 16.4 Å². The number of rotatable bonds is 1. The summed E-state index contributed by atoms with van der Waals surface area (Å²) in [6, 6.07) is 5.89. The van der Waals surface area contributed by atoms with Crippen LogP contribution in [-0.4, -0.2) is 28.1 Å². The third kappa shape index (κ3) is 1.88. The molecule has 20 heavy (non-hydrogen) atoms. The van der Waals surface area contributed by atoms with Gasteiger partial charge >= 0.3 is 7.12 Å². The fourth-order valence-electron chi connectivity index (χ4n) is 2.37. The molecule has 3 rings (SSSR count). The van der Waals surface area contributed by atoms with Crippen molar-refractivity contribution in [2.45, 2.75) is 38.9 Å². The van der Waals surface area contributed by atoms with E-state index in [1.54, 1.807) is 4.68 Å². The minimum absolute atomic E-state index is 0.363. The zero-order valence-electron chi connectivity index (χ0n) is 12.4. The Hall–Kier alpha value is -1.04. The van der Waals surface area contributed by atoms with Crippen LogP contribution in [0.2, 0.25) is 5.15 Å². The van der Waals surface area contributed by atoms with Crippen molar-refractivity contribution in [1.82, 2.24) is 9.78 Å². The molecule has 106 valence electrons. The van der Waals surface area contributed by atoms with E-state index in [1.807, 2.05) is 52.9 Å². The molecule has 0 saturated carbocycles. The summed E-state index contributed by atoms with van der Waals surface area (Å²) < 4.78 is 13.9. The Bertz CT molecular complexity index is 665. The molecular weight excluding hydrogens is 274 g/mol. The highest BCUT2D eigenvalue weighted by Gasteiger charge is 2.52. The van der Waals surface area contributed by atoms with Crippen LogP contribution in [-0.2, 0) is 16.4 Å². The summed E-state index contributed by atoms with van der Waals surface area (Å²) in [6.07, 6.45) is 0. The van der Waals surface area contributed by atoms with Gasteiger partial charge < -0.3 is 9.31 Å². The number of fused-ring (bicyclic) bond motifs is 1. The molecule has 1 fully saturated rings. The minimum Gasteiger partial charge on any atom is -0.399 e. The molecule has 0 amide bonds. The molecule has 0 atom stereocenters. The Morgan fingerprint density at radius 1 is 1.15 bits per heavy atom. The number of halogens is 1. The second-order valence-corrected chi connectivity index (χ2v) is 6.60. The largest absolute Gasteiger partial charge is 0.497 e. The van der Waals surface area contributed by atoms with E-state index in [2.05, 4.69) is 5.10 Å². The van der Waals surface area contributed by atoms with Gasteiger partial charge in [-0.25, -0.2) is 0 Å². The molecule has 0 N–H and O–H groups in total. The molecule has 0 bridgehead atoms. The van der Waals surface area contributed by atoms with Gasteiger partial charge in [-0.15, -0.1) is 0 Å². The second-order valence-electron chi connectivity index (χ2n) is 6.25. The smallest absolute Gasteiger partial charge is 0.399 e. The summed E-state index contributed by atoms with van der Waals surface area (Å²) in [5, 5.41) is 6.02. The Morgan fingerprint density at radius 2 is 1.75 bits per heavy atom. The van der Waals surface area contributed by atoms with Gasteiger partial charge in [-0.2, -0.15) is 5.10 Å². The van der Waals surface area contributed by atoms with Crippen LogP contribution >= 0.6 is 11.6 Å². The number of benzene rings is 1. The van der Waals surface area contributed by atoms with E-state index in [4.69, 9.17) is 20.9 Å². The maximum atomic E-state index is 6.25. The monoisotopic (exact) mass is 292 g/mol. The number of aromatic nitrogens is 2. The first-order valence-corrected chi connectivity index (χ1v) is 7.07. The highest BCUT2D eigenvalue weighted by atomic mass is 35.5. The van der Waals surface area contributed by atoms with E-state index in [0.29, 0.717) is 5.15 Å². The van der Waals surface area contributed by atoms with Gasteiger partial charge in [0, 0.05) is 17.9 Å². The molecule has 2 heterocycles. The molecule has 6 heteroatoms. The van der Waals surface area contributed by atoms with E-state index in [1.165, 1.54) is 0 Å². The molecule has 0 unspecified atom stereocenters. The Labute approximate surface area is 124 Å². The zero-order valence-corrected chi connectivity index (χ0v) is 13.2. The van der Waals surface area contributed by atoms with Crippen molar-refractivity contribution in [3.05, 3.63) is 23.4 Å². The standard InChI is InChI=1S/C14H18BClN2O2/c1-13(2)14(3,4)20-15(19-13)10-8-6-7-9-11(10)17-18(5)12(9)16/h6-8H,1-5H3. The molecule has 0 aliphatic carbocycles. The lowest BCUT2D eigenvalue weighted by Gasteiger charge is -2.32. The van der Waals surface area contributed by atoms with Gasteiger partial charge in [0.05, 0.1) is 16.7 Å². The molecule has 0 radical (unpaired) electrons. The topological polar surface area (TPSA) is 36.3 Å². The summed E-state index contributed by atoms with van der Waals surface area (Å²) in [5.74, 6) is 0. The average molecular weight is 293 g/mol. The normalized spacial score (nSPS) is 20.8. The molecule has 2 aromatic rings. The quantitative estimate of drug-likeness (QED) is 0.758. The van der Waals surface area contributed by atoms with Gasteiger partial charge in [0.15, 0.2) is 0 Å². The second kappa shape index (κ2) is 4.23. The molecule has 1 aromatic carbocycles. The van der Waals surface area contributed by atoms with E-state index < -0.39 is 7.12 Å². The van der Waals surface area contributed by atoms with Crippen molar-refractivity contribution in [1.29, 1.82) is 0 Å². The Balaban J connectivity index is 2.11. The Kier molecular flexibility index (Phi) is 2.94. The Morgan fingerprint density at radius 3 is 2.35 bits per heavy atom. The van der Waals surface area contributed by atoms with Gasteiger partial charge in [-0.1, -0.05) is 23.7 Å². The predicted molar refractivity (Wildman–Crippen MR) is 81.4 cm³/mol. The highest BCUT2D eigenvalue weighted by Crippen LogP contribution is 2.37. The van der Waals surface area contributed by atoms with Crippen molar-refractivity contribution in [2.75, 3.05) is 0 Å². The number of aryl methyl sites for hydroxylation is 1. The maximum absolute atomic E-state index is 6.25. The fourth-order valence-corrected chi connectivity index (χ4v) is 2.56. The predicted octanol–water partition coefficient (Wildman–Crippen LogP) is 2.53. The summed E-state index contributed by atoms with van der Waals surface area (Å²) in [7, 11) is 1.41. The van der Waals surface area contributed by atoms with Crippen LogP contribution in [0.1, 0.15) is 27.7 Å². The lowest BCUT2D eigenvalue weighted by molar-refractivity contribution is 0.00578. The lowest BCUT2D eigenvalue weighted by Crippen LogP contribution is -2.41. The SMILES string of the molecule is Cn1nc2c(B3OC(C)(C)C(C)(C)O3)cccc2c1Cl. The van der Waals surface area contributed by atoms with Gasteiger partial charge in [0.2, 0.25) is 0 Å². The molecule has 1 saturated heterocycles. The van der Waals surface area contributed by atoms with Crippen LogP contribution in [0.3, 0.4) is 0 Å². The first-order chi connectivity index (χ1) is 9.23. The number of nitrogens with zero attached hydrogens (tertiary/aromatic N) is 2. The summed E-state index contributed by atoms with van der Waals surface area (Å²) in [5.41, 5.74) is 1.03. The summed E-state index contributed by atoms with van der Waals surface area (Å²) >= 11 is 6.25. The van der Waals surface area contributed by atoms with E-state index >= 15 is 0 Å². The van der Waals surface area contributed by atoms with Gasteiger partial charge in [0.25, 0.3) is 0 Å². The third-order valence-electron chi connectivity index (χ3n) is 4.33.